The summed E-state index contributed by atoms with van der Waals surface area (Å²) in [7, 11) is 1.21. The van der Waals surface area contributed by atoms with Gasteiger partial charge in [-0.25, -0.2) is 4.39 Å². The molecule has 6 nitrogen and oxygen atoms in total. The molecule has 0 aliphatic heterocycles. The number of Topliss-reactive ketones (excluding diaryl/α,β-unsaturated/α-hetero) is 1. The first-order chi connectivity index (χ1) is 18.3. The number of ether oxygens (including phenoxy) is 1. The highest BCUT2D eigenvalue weighted by Crippen LogP contribution is 2.30. The van der Waals surface area contributed by atoms with Gasteiger partial charge in [0.1, 0.15) is 11.2 Å². The smallest absolute Gasteiger partial charge is 0.269 e. The molecule has 0 aliphatic rings. The van der Waals surface area contributed by atoms with Gasteiger partial charge in [0, 0.05) is 27.2 Å². The van der Waals surface area contributed by atoms with Crippen LogP contribution >= 0.6 is 27.3 Å². The lowest BCUT2D eigenvalue weighted by Crippen LogP contribution is -2.36. The van der Waals surface area contributed by atoms with Gasteiger partial charge in [0.05, 0.1) is 11.6 Å². The number of methoxy groups -OCH3 is 1. The third-order valence-electron chi connectivity index (χ3n) is 6.26. The van der Waals surface area contributed by atoms with Crippen LogP contribution in [0, 0.1) is 17.0 Å². The van der Waals surface area contributed by atoms with Gasteiger partial charge >= 0.3 is 0 Å². The number of benzene rings is 2. The maximum atomic E-state index is 14.8. The molecule has 0 aliphatic carbocycles. The van der Waals surface area contributed by atoms with Crippen LogP contribution in [0.5, 0.6) is 5.75 Å². The molecule has 39 heavy (non-hydrogen) atoms. The highest BCUT2D eigenvalue weighted by atomic mass is 79.9. The number of nitrogens with one attached hydrogen (secondary N) is 1. The van der Waals surface area contributed by atoms with Crippen molar-refractivity contribution in [1.82, 2.24) is 4.57 Å². The second kappa shape index (κ2) is 12.4. The highest BCUT2D eigenvalue weighted by molar-refractivity contribution is 9.10. The van der Waals surface area contributed by atoms with Crippen molar-refractivity contribution in [1.29, 1.82) is 0 Å². The van der Waals surface area contributed by atoms with Crippen molar-refractivity contribution in [3.8, 4) is 5.75 Å². The van der Waals surface area contributed by atoms with Crippen molar-refractivity contribution in [3.63, 3.8) is 0 Å². The number of carbonyl (C=O) groups is 2. The Hall–Kier alpha value is -3.11. The van der Waals surface area contributed by atoms with Crippen molar-refractivity contribution in [2.45, 2.75) is 53.5 Å². The third kappa shape index (κ3) is 7.10. The SMILES string of the molecule is CCC(C)c1ccc(NC(=O)Cn2c(=O)/c(=C/c3c(Br)cc(OC)c(F)c3F)s/c2=C/C(=O)C(C)(C)C)cc1. The lowest BCUT2D eigenvalue weighted by Gasteiger charge is -2.13. The van der Waals surface area contributed by atoms with Gasteiger partial charge in [0.25, 0.3) is 5.56 Å². The number of amides is 1. The van der Waals surface area contributed by atoms with Gasteiger partial charge in [-0.3, -0.25) is 19.0 Å². The van der Waals surface area contributed by atoms with E-state index in [0.29, 0.717) is 11.6 Å². The fraction of sp³-hybridized carbons (Fsp3) is 0.345. The van der Waals surface area contributed by atoms with Gasteiger partial charge in [-0.15, -0.1) is 11.3 Å². The molecule has 0 fully saturated rings. The fourth-order valence-electron chi connectivity index (χ4n) is 3.60. The Morgan fingerprint density at radius 1 is 1.18 bits per heavy atom. The molecular weight excluding hydrogens is 590 g/mol. The molecule has 1 N–H and O–H groups in total. The Balaban J connectivity index is 2.07. The van der Waals surface area contributed by atoms with E-state index in [9.17, 15) is 23.2 Å². The van der Waals surface area contributed by atoms with Gasteiger partial charge in [-0.1, -0.05) is 46.8 Å². The molecule has 3 rings (SSSR count). The minimum absolute atomic E-state index is 0.0258. The normalized spacial score (nSPS) is 13.5. The largest absolute Gasteiger partial charge is 0.494 e. The fourth-order valence-corrected chi connectivity index (χ4v) is 5.12. The van der Waals surface area contributed by atoms with Crippen molar-refractivity contribution >= 4 is 56.8 Å². The van der Waals surface area contributed by atoms with Crippen LogP contribution in [0.4, 0.5) is 14.5 Å². The quantitative estimate of drug-likeness (QED) is 0.345. The molecule has 1 unspecified atom stereocenters. The molecule has 0 bridgehead atoms. The Morgan fingerprint density at radius 2 is 1.82 bits per heavy atom. The Labute approximate surface area is 238 Å². The maximum absolute atomic E-state index is 14.8. The predicted octanol–water partition coefficient (Wildman–Crippen LogP) is 5.34. The number of aromatic nitrogens is 1. The van der Waals surface area contributed by atoms with Gasteiger partial charge in [-0.2, -0.15) is 4.39 Å². The molecule has 3 aromatic rings. The zero-order chi connectivity index (χ0) is 29.1. The first-order valence-electron chi connectivity index (χ1n) is 12.4. The molecule has 10 heteroatoms. The van der Waals surface area contributed by atoms with E-state index >= 15 is 0 Å². The summed E-state index contributed by atoms with van der Waals surface area (Å²) in [6, 6.07) is 8.73. The number of anilines is 1. The molecule has 0 saturated carbocycles. The van der Waals surface area contributed by atoms with Crippen LogP contribution in [0.1, 0.15) is 58.1 Å². The minimum Gasteiger partial charge on any atom is -0.494 e. The number of ketones is 1. The van der Waals surface area contributed by atoms with E-state index in [2.05, 4.69) is 35.1 Å². The van der Waals surface area contributed by atoms with Gasteiger partial charge < -0.3 is 10.1 Å². The summed E-state index contributed by atoms with van der Waals surface area (Å²) in [6.07, 6.45) is 3.48. The van der Waals surface area contributed by atoms with Crippen LogP contribution in [0.3, 0.4) is 0 Å². The lowest BCUT2D eigenvalue weighted by atomic mass is 9.91. The van der Waals surface area contributed by atoms with Crippen molar-refractivity contribution < 1.29 is 23.1 Å². The topological polar surface area (TPSA) is 77.4 Å². The second-order valence-corrected chi connectivity index (χ2v) is 12.1. The van der Waals surface area contributed by atoms with E-state index < -0.39 is 28.5 Å². The monoisotopic (exact) mass is 620 g/mol. The molecule has 0 spiro atoms. The van der Waals surface area contributed by atoms with Crippen molar-refractivity contribution in [3.05, 3.63) is 77.1 Å². The van der Waals surface area contributed by atoms with Crippen LogP contribution in [0.2, 0.25) is 0 Å². The maximum Gasteiger partial charge on any atom is 0.269 e. The molecule has 208 valence electrons. The van der Waals surface area contributed by atoms with E-state index in [0.717, 1.165) is 27.9 Å². The second-order valence-electron chi connectivity index (χ2n) is 10.2. The summed E-state index contributed by atoms with van der Waals surface area (Å²) in [4.78, 5) is 39.1. The van der Waals surface area contributed by atoms with Crippen molar-refractivity contribution in [2.75, 3.05) is 12.4 Å². The van der Waals surface area contributed by atoms with E-state index in [1.165, 1.54) is 25.3 Å². The van der Waals surface area contributed by atoms with Crippen LogP contribution in [-0.2, 0) is 16.1 Å². The van der Waals surface area contributed by atoms with Crippen LogP contribution in [0.15, 0.2) is 39.6 Å². The number of rotatable bonds is 8. The molecule has 1 heterocycles. The number of hydrogen-bond acceptors (Lipinski definition) is 5. The van der Waals surface area contributed by atoms with Crippen LogP contribution < -0.4 is 24.8 Å². The van der Waals surface area contributed by atoms with E-state index in [1.54, 1.807) is 32.9 Å². The van der Waals surface area contributed by atoms with Crippen molar-refractivity contribution in [2.24, 2.45) is 5.41 Å². The summed E-state index contributed by atoms with van der Waals surface area (Å²) in [5, 5.41) is 2.78. The molecule has 0 saturated heterocycles. The van der Waals surface area contributed by atoms with E-state index in [-0.39, 0.29) is 37.3 Å². The average Bonchev–Trinajstić information content (AvgIpc) is 3.16. The highest BCUT2D eigenvalue weighted by Gasteiger charge is 2.21. The molecule has 1 amide bonds. The van der Waals surface area contributed by atoms with Gasteiger partial charge in [-0.05, 0) is 58.1 Å². The molecular formula is C29H31BrF2N2O4S. The minimum atomic E-state index is -1.20. The Kier molecular flexibility index (Phi) is 9.66. The van der Waals surface area contributed by atoms with Gasteiger partial charge in [0.2, 0.25) is 11.7 Å². The zero-order valence-corrected chi connectivity index (χ0v) is 25.1. The Morgan fingerprint density at radius 3 is 2.38 bits per heavy atom. The Bertz CT molecular complexity index is 1570. The third-order valence-corrected chi connectivity index (χ3v) is 7.98. The predicted molar refractivity (Wildman–Crippen MR) is 155 cm³/mol. The number of halogens is 3. The zero-order valence-electron chi connectivity index (χ0n) is 22.7. The first-order valence-corrected chi connectivity index (χ1v) is 14.0. The number of carbonyl (C=O) groups excluding carboxylic acids is 2. The van der Waals surface area contributed by atoms with Crippen LogP contribution in [0.25, 0.3) is 12.2 Å². The number of thiazole rings is 1. The average molecular weight is 622 g/mol. The molecule has 0 radical (unpaired) electrons. The summed E-state index contributed by atoms with van der Waals surface area (Å²) in [5.41, 5.74) is 0.174. The molecule has 1 atom stereocenters. The summed E-state index contributed by atoms with van der Waals surface area (Å²) >= 11 is 4.11. The standard InChI is InChI=1S/C29H31BrF2N2O4S/c1-7-16(2)17-8-10-18(11-9-17)33-24(36)15-34-25(14-23(35)29(3,4)5)39-22(28(34)37)12-19-20(30)13-21(38-6)27(32)26(19)31/h8-14,16H,7,15H2,1-6H3,(H,33,36)/b22-12-,25-14+. The summed E-state index contributed by atoms with van der Waals surface area (Å²) in [5.74, 6) is -3.03. The number of nitrogens with zero attached hydrogens (tertiary/aromatic N) is 1. The van der Waals surface area contributed by atoms with E-state index in [1.807, 2.05) is 12.1 Å². The number of hydrogen-bond donors (Lipinski definition) is 1. The first kappa shape index (κ1) is 30.4. The van der Waals surface area contributed by atoms with Crippen LogP contribution in [-0.4, -0.2) is 23.4 Å². The summed E-state index contributed by atoms with van der Waals surface area (Å²) < 4.78 is 35.6. The lowest BCUT2D eigenvalue weighted by molar-refractivity contribution is -0.120. The molecule has 2 aromatic carbocycles. The van der Waals surface area contributed by atoms with E-state index in [4.69, 9.17) is 4.74 Å². The summed E-state index contributed by atoms with van der Waals surface area (Å²) in [6.45, 7) is 9.04. The molecule has 1 aromatic heterocycles. The van der Waals surface area contributed by atoms with Gasteiger partial charge in [0.15, 0.2) is 17.3 Å².